The number of carbonyl (C=O) groups is 2. The summed E-state index contributed by atoms with van der Waals surface area (Å²) < 4.78 is 0. The molecule has 0 rings (SSSR count). The van der Waals surface area contributed by atoms with E-state index in [4.69, 9.17) is 0 Å². The first-order valence-corrected chi connectivity index (χ1v) is 2.31. The Kier molecular flexibility index (Phi) is 2.50. The summed E-state index contributed by atoms with van der Waals surface area (Å²) in [6.07, 6.45) is 0. The van der Waals surface area contributed by atoms with Gasteiger partial charge in [0, 0.05) is 0 Å². The summed E-state index contributed by atoms with van der Waals surface area (Å²) in [5, 5.41) is 11.8. The van der Waals surface area contributed by atoms with Gasteiger partial charge in [-0.1, -0.05) is 0 Å². The van der Waals surface area contributed by atoms with Crippen molar-refractivity contribution in [3.8, 4) is 0 Å². The second-order valence-electron chi connectivity index (χ2n) is 1.55. The fourth-order valence-corrected chi connectivity index (χ4v) is 0.272. The number of carboxylic acid groups (broad SMARTS) is 1. The Morgan fingerprint density at radius 2 is 2.11 bits per heavy atom. The van der Waals surface area contributed by atoms with Crippen LogP contribution in [0.2, 0.25) is 0 Å². The number of nitrogens with one attached hydrogen (secondary N) is 1. The Morgan fingerprint density at radius 1 is 1.67 bits per heavy atom. The smallest absolute Gasteiger partial charge is 0.312 e. The maximum atomic E-state index is 9.93. The van der Waals surface area contributed by atoms with E-state index in [2.05, 4.69) is 5.73 Å². The SMILES string of the molecule is CC(NC(N)=O)C(=O)[O-]. The fraction of sp³-hybridized carbons (Fsp3) is 0.500. The quantitative estimate of drug-likeness (QED) is 0.445. The van der Waals surface area contributed by atoms with Crippen molar-refractivity contribution < 1.29 is 14.7 Å². The minimum absolute atomic E-state index is 0.869. The number of hydrogen-bond acceptors (Lipinski definition) is 3. The van der Waals surface area contributed by atoms with Crippen molar-refractivity contribution in [1.82, 2.24) is 5.32 Å². The van der Waals surface area contributed by atoms with Gasteiger partial charge in [-0.05, 0) is 6.92 Å². The highest BCUT2D eigenvalue weighted by Gasteiger charge is 2.01. The molecule has 0 heterocycles. The minimum Gasteiger partial charge on any atom is -0.548 e. The van der Waals surface area contributed by atoms with Crippen LogP contribution in [0.5, 0.6) is 0 Å². The zero-order valence-corrected chi connectivity index (χ0v) is 4.88. The number of carbonyl (C=O) groups excluding carboxylic acids is 2. The van der Waals surface area contributed by atoms with Crippen LogP contribution in [0.15, 0.2) is 0 Å². The van der Waals surface area contributed by atoms with E-state index in [0.29, 0.717) is 0 Å². The van der Waals surface area contributed by atoms with Crippen molar-refractivity contribution in [2.45, 2.75) is 13.0 Å². The lowest BCUT2D eigenvalue weighted by Crippen LogP contribution is -2.47. The minimum atomic E-state index is -1.35. The summed E-state index contributed by atoms with van der Waals surface area (Å²) in [5.41, 5.74) is 4.59. The third kappa shape index (κ3) is 3.33. The molecule has 0 aromatic carbocycles. The number of hydrogen-bond donors (Lipinski definition) is 2. The van der Waals surface area contributed by atoms with Crippen molar-refractivity contribution in [1.29, 1.82) is 0 Å². The van der Waals surface area contributed by atoms with Gasteiger partial charge in [-0.3, -0.25) is 0 Å². The Bertz CT molecular complexity index is 134. The van der Waals surface area contributed by atoms with E-state index >= 15 is 0 Å². The molecule has 0 aromatic rings. The molecule has 5 heteroatoms. The molecule has 3 N–H and O–H groups in total. The first-order valence-electron chi connectivity index (χ1n) is 2.31. The van der Waals surface area contributed by atoms with Gasteiger partial charge in [-0.25, -0.2) is 4.79 Å². The average Bonchev–Trinajstić information content (AvgIpc) is 1.63. The highest BCUT2D eigenvalue weighted by atomic mass is 16.4. The highest BCUT2D eigenvalue weighted by molar-refractivity contribution is 5.79. The summed E-state index contributed by atoms with van der Waals surface area (Å²) in [5.74, 6) is -1.35. The van der Waals surface area contributed by atoms with Crippen LogP contribution in [0.25, 0.3) is 0 Å². The second-order valence-corrected chi connectivity index (χ2v) is 1.55. The molecule has 0 aliphatic heterocycles. The number of carboxylic acids is 1. The van der Waals surface area contributed by atoms with Gasteiger partial charge in [0.05, 0.1) is 12.0 Å². The van der Waals surface area contributed by atoms with Crippen LogP contribution < -0.4 is 16.2 Å². The van der Waals surface area contributed by atoms with E-state index in [1.165, 1.54) is 6.92 Å². The van der Waals surface area contributed by atoms with E-state index in [-0.39, 0.29) is 0 Å². The molecule has 52 valence electrons. The first-order chi connectivity index (χ1) is 4.04. The molecule has 2 amide bonds. The van der Waals surface area contributed by atoms with Crippen LogP contribution >= 0.6 is 0 Å². The third-order valence-electron chi connectivity index (χ3n) is 0.712. The molecule has 0 aliphatic carbocycles. The number of rotatable bonds is 2. The van der Waals surface area contributed by atoms with Crippen molar-refractivity contribution >= 4 is 12.0 Å². The molecule has 1 unspecified atom stereocenters. The van der Waals surface area contributed by atoms with Gasteiger partial charge in [-0.15, -0.1) is 0 Å². The summed E-state index contributed by atoms with van der Waals surface area (Å²) >= 11 is 0. The molecule has 0 fully saturated rings. The summed E-state index contributed by atoms with van der Waals surface area (Å²) in [7, 11) is 0. The number of primary amides is 1. The molecule has 0 saturated heterocycles. The van der Waals surface area contributed by atoms with E-state index in [1.54, 1.807) is 0 Å². The summed E-state index contributed by atoms with van der Waals surface area (Å²) in [6, 6.07) is -1.89. The van der Waals surface area contributed by atoms with Gasteiger partial charge in [-0.2, -0.15) is 0 Å². The molecular weight excluding hydrogens is 124 g/mol. The topological polar surface area (TPSA) is 95.2 Å². The first kappa shape index (κ1) is 7.74. The Balaban J connectivity index is 3.63. The van der Waals surface area contributed by atoms with Gasteiger partial charge in [0.15, 0.2) is 0 Å². The Morgan fingerprint density at radius 3 is 2.22 bits per heavy atom. The molecule has 0 spiro atoms. The van der Waals surface area contributed by atoms with Crippen molar-refractivity contribution in [2.24, 2.45) is 5.73 Å². The summed E-state index contributed by atoms with van der Waals surface area (Å²) in [4.78, 5) is 19.8. The molecule has 0 bridgehead atoms. The van der Waals surface area contributed by atoms with Gasteiger partial charge in [0.1, 0.15) is 0 Å². The van der Waals surface area contributed by atoms with E-state index in [1.807, 2.05) is 5.32 Å². The maximum absolute atomic E-state index is 9.93. The largest absolute Gasteiger partial charge is 0.548 e. The van der Waals surface area contributed by atoms with Gasteiger partial charge in [0.2, 0.25) is 0 Å². The van der Waals surface area contributed by atoms with Crippen molar-refractivity contribution in [3.05, 3.63) is 0 Å². The zero-order valence-electron chi connectivity index (χ0n) is 4.88. The summed E-state index contributed by atoms with van der Waals surface area (Å²) in [6.45, 7) is 1.26. The number of nitrogens with two attached hydrogens (primary N) is 1. The van der Waals surface area contributed by atoms with Gasteiger partial charge in [0.25, 0.3) is 0 Å². The lowest BCUT2D eigenvalue weighted by molar-refractivity contribution is -0.307. The maximum Gasteiger partial charge on any atom is 0.312 e. The molecule has 5 nitrogen and oxygen atoms in total. The third-order valence-corrected chi connectivity index (χ3v) is 0.712. The van der Waals surface area contributed by atoms with Crippen LogP contribution in [-0.4, -0.2) is 18.0 Å². The predicted octanol–water partition coefficient (Wildman–Crippen LogP) is -2.21. The number of amides is 2. The van der Waals surface area contributed by atoms with E-state index < -0.39 is 18.0 Å². The van der Waals surface area contributed by atoms with Gasteiger partial charge < -0.3 is 21.0 Å². The normalized spacial score (nSPS) is 12.1. The molecule has 0 saturated carbocycles. The van der Waals surface area contributed by atoms with Gasteiger partial charge >= 0.3 is 6.03 Å². The zero-order chi connectivity index (χ0) is 7.44. The monoisotopic (exact) mass is 131 g/mol. The number of urea groups is 1. The molecule has 0 aromatic heterocycles. The molecule has 0 radical (unpaired) electrons. The standard InChI is InChI=1S/C4H8N2O3/c1-2(3(7)8)6-4(5)9/h2H,1H3,(H,7,8)(H3,5,6,9)/p-1. The molecule has 1 atom stereocenters. The van der Waals surface area contributed by atoms with Crippen molar-refractivity contribution in [3.63, 3.8) is 0 Å². The van der Waals surface area contributed by atoms with Crippen LogP contribution in [-0.2, 0) is 4.79 Å². The van der Waals surface area contributed by atoms with Crippen LogP contribution in [0.3, 0.4) is 0 Å². The molecule has 9 heavy (non-hydrogen) atoms. The lowest BCUT2D eigenvalue weighted by atomic mass is 10.3. The fourth-order valence-electron chi connectivity index (χ4n) is 0.272. The Hall–Kier alpha value is -1.26. The second kappa shape index (κ2) is 2.91. The van der Waals surface area contributed by atoms with Crippen LogP contribution in [0.1, 0.15) is 6.92 Å². The predicted molar refractivity (Wildman–Crippen MR) is 27.2 cm³/mol. The van der Waals surface area contributed by atoms with Crippen molar-refractivity contribution in [2.75, 3.05) is 0 Å². The molecule has 0 aliphatic rings. The molecular formula is C4H7N2O3-. The highest BCUT2D eigenvalue weighted by Crippen LogP contribution is 1.74. The lowest BCUT2D eigenvalue weighted by Gasteiger charge is -2.11. The van der Waals surface area contributed by atoms with Crippen LogP contribution in [0.4, 0.5) is 4.79 Å². The number of aliphatic carboxylic acids is 1. The van der Waals surface area contributed by atoms with E-state index in [9.17, 15) is 14.7 Å². The Labute approximate surface area is 51.8 Å². The van der Waals surface area contributed by atoms with Crippen LogP contribution in [0, 0.1) is 0 Å². The van der Waals surface area contributed by atoms with E-state index in [0.717, 1.165) is 0 Å². The average molecular weight is 131 g/mol.